The summed E-state index contributed by atoms with van der Waals surface area (Å²) < 4.78 is 0. The van der Waals surface area contributed by atoms with Gasteiger partial charge in [0.25, 0.3) is 0 Å². The number of aromatic nitrogens is 1. The van der Waals surface area contributed by atoms with Crippen LogP contribution in [0.2, 0.25) is 5.15 Å². The van der Waals surface area contributed by atoms with Crippen LogP contribution in [0, 0.1) is 0 Å². The first-order valence-corrected chi connectivity index (χ1v) is 7.03. The summed E-state index contributed by atoms with van der Waals surface area (Å²) in [7, 11) is 0. The maximum absolute atomic E-state index is 6.02. The normalized spacial score (nSPS) is 10.5. The van der Waals surface area contributed by atoms with E-state index in [4.69, 9.17) is 23.2 Å². The van der Waals surface area contributed by atoms with Crippen molar-refractivity contribution in [2.45, 2.75) is 12.8 Å². The predicted molar refractivity (Wildman–Crippen MR) is 75.8 cm³/mol. The molecule has 0 fully saturated rings. The van der Waals surface area contributed by atoms with Gasteiger partial charge in [-0.15, -0.1) is 11.6 Å². The van der Waals surface area contributed by atoms with Crippen LogP contribution in [0.4, 0.5) is 10.8 Å². The molecule has 0 bridgehead atoms. The molecule has 17 heavy (non-hydrogen) atoms. The highest BCUT2D eigenvalue weighted by atomic mass is 35.5. The monoisotopic (exact) mass is 286 g/mol. The molecule has 0 radical (unpaired) electrons. The topological polar surface area (TPSA) is 16.1 Å². The average Bonchev–Trinajstić information content (AvgIpc) is 2.73. The number of hydrogen-bond donors (Lipinski definition) is 0. The third kappa shape index (κ3) is 2.73. The highest BCUT2D eigenvalue weighted by molar-refractivity contribution is 7.16. The molecule has 2 nitrogen and oxygen atoms in total. The van der Waals surface area contributed by atoms with Gasteiger partial charge in [-0.3, -0.25) is 0 Å². The lowest BCUT2D eigenvalue weighted by molar-refractivity contribution is 1.01. The van der Waals surface area contributed by atoms with Gasteiger partial charge in [-0.2, -0.15) is 0 Å². The molecule has 0 saturated heterocycles. The highest BCUT2D eigenvalue weighted by Gasteiger charge is 2.14. The van der Waals surface area contributed by atoms with Crippen LogP contribution in [-0.2, 0) is 5.88 Å². The summed E-state index contributed by atoms with van der Waals surface area (Å²) in [5.41, 5.74) is 1.11. The van der Waals surface area contributed by atoms with E-state index in [2.05, 4.69) is 28.9 Å². The molecule has 0 unspecified atom stereocenters. The number of rotatable bonds is 4. The molecule has 0 aliphatic heterocycles. The fourth-order valence-electron chi connectivity index (χ4n) is 1.56. The molecule has 5 heteroatoms. The van der Waals surface area contributed by atoms with E-state index in [0.29, 0.717) is 11.0 Å². The summed E-state index contributed by atoms with van der Waals surface area (Å²) in [6.45, 7) is 2.93. The molecule has 0 amide bonds. The molecule has 1 heterocycles. The standard InChI is InChI=1S/C12H12Cl2N2S/c1-2-16(9-6-4-3-5-7-9)12-15-11(14)10(8-13)17-12/h3-7H,2,8H2,1H3. The second-order valence-electron chi connectivity index (χ2n) is 3.42. The Balaban J connectivity index is 2.35. The van der Waals surface area contributed by atoms with Crippen molar-refractivity contribution in [1.29, 1.82) is 0 Å². The molecule has 90 valence electrons. The molecular formula is C12H12Cl2N2S. The van der Waals surface area contributed by atoms with Crippen LogP contribution in [0.5, 0.6) is 0 Å². The van der Waals surface area contributed by atoms with E-state index < -0.39 is 0 Å². The Bertz CT molecular complexity index is 485. The van der Waals surface area contributed by atoms with Gasteiger partial charge in [0.05, 0.1) is 10.8 Å². The Morgan fingerprint density at radius 3 is 2.53 bits per heavy atom. The number of hydrogen-bond acceptors (Lipinski definition) is 3. The van der Waals surface area contributed by atoms with Crippen molar-refractivity contribution in [3.8, 4) is 0 Å². The molecule has 1 aromatic heterocycles. The number of benzene rings is 1. The van der Waals surface area contributed by atoms with Gasteiger partial charge in [-0.25, -0.2) is 4.98 Å². The molecule has 0 aliphatic rings. The van der Waals surface area contributed by atoms with E-state index >= 15 is 0 Å². The van der Waals surface area contributed by atoms with Crippen LogP contribution in [0.1, 0.15) is 11.8 Å². The highest BCUT2D eigenvalue weighted by Crippen LogP contribution is 2.34. The summed E-state index contributed by atoms with van der Waals surface area (Å²) in [6.07, 6.45) is 0. The fourth-order valence-corrected chi connectivity index (χ4v) is 3.11. The third-order valence-corrected chi connectivity index (χ3v) is 4.30. The van der Waals surface area contributed by atoms with E-state index in [1.54, 1.807) is 0 Å². The summed E-state index contributed by atoms with van der Waals surface area (Å²) in [5, 5.41) is 1.40. The van der Waals surface area contributed by atoms with Crippen LogP contribution in [0.3, 0.4) is 0 Å². The summed E-state index contributed by atoms with van der Waals surface area (Å²) in [5.74, 6) is 0.406. The number of alkyl halides is 1. The van der Waals surface area contributed by atoms with E-state index in [1.165, 1.54) is 11.3 Å². The van der Waals surface area contributed by atoms with E-state index in [-0.39, 0.29) is 0 Å². The maximum atomic E-state index is 6.02. The Labute approximate surface area is 115 Å². The zero-order valence-electron chi connectivity index (χ0n) is 9.36. The molecule has 0 aliphatic carbocycles. The lowest BCUT2D eigenvalue weighted by Gasteiger charge is -2.19. The lowest BCUT2D eigenvalue weighted by Crippen LogP contribution is -2.15. The van der Waals surface area contributed by atoms with Crippen LogP contribution < -0.4 is 4.90 Å². The minimum atomic E-state index is 0.406. The van der Waals surface area contributed by atoms with Crippen molar-refractivity contribution in [2.24, 2.45) is 0 Å². The number of anilines is 2. The quantitative estimate of drug-likeness (QED) is 0.758. The van der Waals surface area contributed by atoms with Crippen molar-refractivity contribution in [1.82, 2.24) is 4.98 Å². The molecular weight excluding hydrogens is 275 g/mol. The van der Waals surface area contributed by atoms with Gasteiger partial charge in [-0.05, 0) is 19.1 Å². The Morgan fingerprint density at radius 1 is 1.29 bits per heavy atom. The number of nitrogens with zero attached hydrogens (tertiary/aromatic N) is 2. The molecule has 2 aromatic rings. The Kier molecular flexibility index (Phi) is 4.26. The van der Waals surface area contributed by atoms with E-state index in [9.17, 15) is 0 Å². The molecule has 0 N–H and O–H groups in total. The largest absolute Gasteiger partial charge is 0.318 e. The summed E-state index contributed by atoms with van der Waals surface area (Å²) in [4.78, 5) is 7.39. The van der Waals surface area contributed by atoms with Gasteiger partial charge in [0.15, 0.2) is 5.13 Å². The zero-order valence-corrected chi connectivity index (χ0v) is 11.7. The van der Waals surface area contributed by atoms with Gasteiger partial charge >= 0.3 is 0 Å². The minimum absolute atomic E-state index is 0.406. The van der Waals surface area contributed by atoms with Crippen molar-refractivity contribution in [3.05, 3.63) is 40.4 Å². The second-order valence-corrected chi connectivity index (χ2v) is 5.11. The van der Waals surface area contributed by atoms with Crippen molar-refractivity contribution >= 4 is 45.4 Å². The minimum Gasteiger partial charge on any atom is -0.318 e. The maximum Gasteiger partial charge on any atom is 0.191 e. The van der Waals surface area contributed by atoms with Crippen molar-refractivity contribution in [3.63, 3.8) is 0 Å². The first-order chi connectivity index (χ1) is 8.26. The Hall–Kier alpha value is -0.770. The number of thiazole rings is 1. The van der Waals surface area contributed by atoms with Crippen molar-refractivity contribution in [2.75, 3.05) is 11.4 Å². The zero-order chi connectivity index (χ0) is 12.3. The SMILES string of the molecule is CCN(c1ccccc1)c1nc(Cl)c(CCl)s1. The molecule has 2 rings (SSSR count). The number of halogens is 2. The molecule has 0 atom stereocenters. The lowest BCUT2D eigenvalue weighted by atomic mass is 10.3. The van der Waals surface area contributed by atoms with Gasteiger partial charge in [0.2, 0.25) is 0 Å². The van der Waals surface area contributed by atoms with Crippen LogP contribution >= 0.6 is 34.5 Å². The second kappa shape index (κ2) is 5.71. The van der Waals surface area contributed by atoms with Gasteiger partial charge in [0, 0.05) is 12.2 Å². The molecule has 0 spiro atoms. The van der Waals surface area contributed by atoms with Gasteiger partial charge < -0.3 is 4.90 Å². The van der Waals surface area contributed by atoms with Crippen molar-refractivity contribution < 1.29 is 0 Å². The molecule has 1 aromatic carbocycles. The first-order valence-electron chi connectivity index (χ1n) is 5.30. The predicted octanol–water partition coefficient (Wildman–Crippen LogP) is 4.69. The van der Waals surface area contributed by atoms with E-state index in [0.717, 1.165) is 22.2 Å². The van der Waals surface area contributed by atoms with Gasteiger partial charge in [-0.1, -0.05) is 41.1 Å². The summed E-state index contributed by atoms with van der Waals surface area (Å²) >= 11 is 13.4. The van der Waals surface area contributed by atoms with Crippen LogP contribution in [0.25, 0.3) is 0 Å². The smallest absolute Gasteiger partial charge is 0.191 e. The van der Waals surface area contributed by atoms with Crippen LogP contribution in [-0.4, -0.2) is 11.5 Å². The van der Waals surface area contributed by atoms with Gasteiger partial charge in [0.1, 0.15) is 5.15 Å². The molecule has 0 saturated carbocycles. The fraction of sp³-hybridized carbons (Fsp3) is 0.250. The van der Waals surface area contributed by atoms with Crippen LogP contribution in [0.15, 0.2) is 30.3 Å². The van der Waals surface area contributed by atoms with E-state index in [1.807, 2.05) is 18.2 Å². The first kappa shape index (κ1) is 12.7. The average molecular weight is 287 g/mol. The summed E-state index contributed by atoms with van der Waals surface area (Å²) in [6, 6.07) is 10.1. The third-order valence-electron chi connectivity index (χ3n) is 2.37. The Morgan fingerprint density at radius 2 is 2.00 bits per heavy atom. The number of para-hydroxylation sites is 1.